The summed E-state index contributed by atoms with van der Waals surface area (Å²) in [7, 11) is 0. The van der Waals surface area contributed by atoms with Crippen LogP contribution in [0.5, 0.6) is 0 Å². The van der Waals surface area contributed by atoms with E-state index in [2.05, 4.69) is 36.2 Å². The Hall–Kier alpha value is -3.48. The van der Waals surface area contributed by atoms with Gasteiger partial charge in [0.05, 0.1) is 11.3 Å². The first-order chi connectivity index (χ1) is 15.0. The summed E-state index contributed by atoms with van der Waals surface area (Å²) in [5.41, 5.74) is 3.28. The number of hydrogen-bond donors (Lipinski definition) is 0. The van der Waals surface area contributed by atoms with Crippen molar-refractivity contribution in [2.75, 3.05) is 13.1 Å². The van der Waals surface area contributed by atoms with Crippen LogP contribution < -0.4 is 0 Å². The van der Waals surface area contributed by atoms with Gasteiger partial charge in [-0.05, 0) is 56.2 Å². The van der Waals surface area contributed by atoms with Crippen LogP contribution in [0, 0.1) is 23.0 Å². The molecule has 0 radical (unpaired) electrons. The molecule has 7 nitrogen and oxygen atoms in total. The summed E-state index contributed by atoms with van der Waals surface area (Å²) in [6.45, 7) is 3.47. The molecule has 160 valence electrons. The van der Waals surface area contributed by atoms with Crippen LogP contribution in [0.2, 0.25) is 0 Å². The molecule has 4 rings (SSSR count). The predicted molar refractivity (Wildman–Crippen MR) is 118 cm³/mol. The van der Waals surface area contributed by atoms with Crippen molar-refractivity contribution in [1.82, 2.24) is 14.5 Å². The molecule has 3 aromatic rings. The fourth-order valence-corrected chi connectivity index (χ4v) is 4.16. The molecule has 31 heavy (non-hydrogen) atoms. The number of benzene rings is 2. The first kappa shape index (κ1) is 20.8. The molecule has 1 amide bonds. The van der Waals surface area contributed by atoms with Gasteiger partial charge in [-0.15, -0.1) is 0 Å². The Bertz CT molecular complexity index is 1050. The van der Waals surface area contributed by atoms with Crippen molar-refractivity contribution in [1.29, 1.82) is 0 Å². The lowest BCUT2D eigenvalue weighted by Crippen LogP contribution is -2.38. The molecule has 0 atom stereocenters. The van der Waals surface area contributed by atoms with Gasteiger partial charge in [0.1, 0.15) is 5.69 Å². The fraction of sp³-hybridized carbons (Fsp3) is 0.333. The topological polar surface area (TPSA) is 81.3 Å². The average Bonchev–Trinajstić information content (AvgIpc) is 3.33. The van der Waals surface area contributed by atoms with Crippen LogP contribution in [0.3, 0.4) is 0 Å². The summed E-state index contributed by atoms with van der Waals surface area (Å²) in [6.07, 6.45) is 8.82. The predicted octanol–water partition coefficient (Wildman–Crippen LogP) is 4.57. The Morgan fingerprint density at radius 1 is 1.16 bits per heavy atom. The van der Waals surface area contributed by atoms with Crippen molar-refractivity contribution >= 4 is 11.6 Å². The molecule has 0 saturated carbocycles. The molecular formula is C24H26N4O3. The number of amides is 1. The van der Waals surface area contributed by atoms with Crippen LogP contribution in [-0.2, 0) is 6.42 Å². The highest BCUT2D eigenvalue weighted by Crippen LogP contribution is 2.27. The van der Waals surface area contributed by atoms with Crippen LogP contribution in [0.1, 0.15) is 40.7 Å². The monoisotopic (exact) mass is 418 g/mol. The summed E-state index contributed by atoms with van der Waals surface area (Å²) in [5.74, 6) is 0.459. The lowest BCUT2D eigenvalue weighted by molar-refractivity contribution is -0.384. The maximum absolute atomic E-state index is 13.0. The second-order valence-corrected chi connectivity index (χ2v) is 8.19. The van der Waals surface area contributed by atoms with Crippen LogP contribution in [0.4, 0.5) is 5.69 Å². The third-order valence-electron chi connectivity index (χ3n) is 6.07. The standard InChI is InChI=1S/C24H26N4O3/c1-18-2-4-19(5-3-18)6-7-20-10-13-26(14-11-20)24(29)21-8-9-22(23(16-21)28(30)31)27-15-12-25-17-27/h2-5,8-9,12,15-17,20H,6-7,10-11,13-14H2,1H3. The van der Waals surface area contributed by atoms with Crippen molar-refractivity contribution in [3.8, 4) is 5.69 Å². The first-order valence-electron chi connectivity index (χ1n) is 10.6. The van der Waals surface area contributed by atoms with E-state index in [1.807, 2.05) is 4.90 Å². The maximum atomic E-state index is 13.0. The number of nitrogens with zero attached hydrogens (tertiary/aromatic N) is 4. The Morgan fingerprint density at radius 3 is 2.55 bits per heavy atom. The number of likely N-dealkylation sites (tertiary alicyclic amines) is 1. The zero-order valence-electron chi connectivity index (χ0n) is 17.6. The second-order valence-electron chi connectivity index (χ2n) is 8.19. The maximum Gasteiger partial charge on any atom is 0.294 e. The van der Waals surface area contributed by atoms with Gasteiger partial charge in [0.2, 0.25) is 0 Å². The minimum Gasteiger partial charge on any atom is -0.339 e. The molecule has 2 aromatic carbocycles. The Balaban J connectivity index is 1.37. The van der Waals surface area contributed by atoms with Crippen LogP contribution in [0.15, 0.2) is 61.2 Å². The minimum atomic E-state index is -0.455. The number of nitro groups is 1. The molecular weight excluding hydrogens is 392 g/mol. The van der Waals surface area contributed by atoms with Gasteiger partial charge in [-0.2, -0.15) is 0 Å². The van der Waals surface area contributed by atoms with Crippen molar-refractivity contribution < 1.29 is 9.72 Å². The summed E-state index contributed by atoms with van der Waals surface area (Å²) < 4.78 is 1.58. The van der Waals surface area contributed by atoms with Crippen LogP contribution >= 0.6 is 0 Å². The van der Waals surface area contributed by atoms with Gasteiger partial charge >= 0.3 is 0 Å². The number of carbonyl (C=O) groups excluding carboxylic acids is 1. The molecule has 2 heterocycles. The van der Waals surface area contributed by atoms with E-state index in [4.69, 9.17) is 0 Å². The van der Waals surface area contributed by atoms with Gasteiger partial charge in [-0.3, -0.25) is 14.9 Å². The minimum absolute atomic E-state index is 0.100. The third kappa shape index (κ3) is 4.82. The van der Waals surface area contributed by atoms with E-state index in [0.29, 0.717) is 30.3 Å². The number of hydrogen-bond acceptors (Lipinski definition) is 4. The number of nitro benzene ring substituents is 1. The van der Waals surface area contributed by atoms with Gasteiger partial charge < -0.3 is 9.47 Å². The van der Waals surface area contributed by atoms with E-state index in [1.54, 1.807) is 29.1 Å². The van der Waals surface area contributed by atoms with Gasteiger partial charge in [0.15, 0.2) is 0 Å². The largest absolute Gasteiger partial charge is 0.339 e. The molecule has 0 bridgehead atoms. The molecule has 1 saturated heterocycles. The van der Waals surface area contributed by atoms with Gasteiger partial charge in [0.25, 0.3) is 11.6 Å². The SMILES string of the molecule is Cc1ccc(CCC2CCN(C(=O)c3ccc(-n4ccnc4)c([N+](=O)[O-])c3)CC2)cc1. The average molecular weight is 418 g/mol. The molecule has 0 unspecified atom stereocenters. The van der Waals surface area contributed by atoms with Crippen molar-refractivity contribution in [2.45, 2.75) is 32.6 Å². The second kappa shape index (κ2) is 9.12. The van der Waals surface area contributed by atoms with Crippen molar-refractivity contribution in [3.05, 3.63) is 88.0 Å². The molecule has 0 spiro atoms. The highest BCUT2D eigenvalue weighted by atomic mass is 16.6. The number of piperidine rings is 1. The molecule has 1 fully saturated rings. The summed E-state index contributed by atoms with van der Waals surface area (Å²) in [6, 6.07) is 13.3. The Labute approximate surface area is 181 Å². The zero-order valence-corrected chi connectivity index (χ0v) is 17.6. The summed E-state index contributed by atoms with van der Waals surface area (Å²) in [5, 5.41) is 11.6. The molecule has 7 heteroatoms. The number of aromatic nitrogens is 2. The third-order valence-corrected chi connectivity index (χ3v) is 6.07. The van der Waals surface area contributed by atoms with Crippen LogP contribution in [-0.4, -0.2) is 38.4 Å². The quantitative estimate of drug-likeness (QED) is 0.434. The fourth-order valence-electron chi connectivity index (χ4n) is 4.16. The van der Waals surface area contributed by atoms with Gasteiger partial charge in [-0.1, -0.05) is 29.8 Å². The van der Waals surface area contributed by atoms with Crippen molar-refractivity contribution in [2.24, 2.45) is 5.92 Å². The molecule has 0 N–H and O–H groups in total. The molecule has 1 aliphatic heterocycles. The molecule has 0 aliphatic carbocycles. The van der Waals surface area contributed by atoms with E-state index < -0.39 is 4.92 Å². The number of imidazole rings is 1. The lowest BCUT2D eigenvalue weighted by atomic mass is 9.90. The molecule has 1 aromatic heterocycles. The van der Waals surface area contributed by atoms with Crippen LogP contribution in [0.25, 0.3) is 5.69 Å². The summed E-state index contributed by atoms with van der Waals surface area (Å²) >= 11 is 0. The Morgan fingerprint density at radius 2 is 1.90 bits per heavy atom. The van der Waals surface area contributed by atoms with E-state index in [1.165, 1.54) is 23.5 Å². The smallest absolute Gasteiger partial charge is 0.294 e. The number of rotatable bonds is 6. The normalized spacial score (nSPS) is 14.5. The van der Waals surface area contributed by atoms with E-state index in [-0.39, 0.29) is 11.6 Å². The van der Waals surface area contributed by atoms with E-state index >= 15 is 0 Å². The van der Waals surface area contributed by atoms with E-state index in [0.717, 1.165) is 25.7 Å². The highest BCUT2D eigenvalue weighted by molar-refractivity contribution is 5.95. The van der Waals surface area contributed by atoms with E-state index in [9.17, 15) is 14.9 Å². The highest BCUT2D eigenvalue weighted by Gasteiger charge is 2.26. The van der Waals surface area contributed by atoms with Gasteiger partial charge in [-0.25, -0.2) is 4.98 Å². The zero-order chi connectivity index (χ0) is 21.8. The number of aryl methyl sites for hydroxylation is 2. The van der Waals surface area contributed by atoms with Crippen molar-refractivity contribution in [3.63, 3.8) is 0 Å². The van der Waals surface area contributed by atoms with Gasteiger partial charge in [0, 0.05) is 37.1 Å². The summed E-state index contributed by atoms with van der Waals surface area (Å²) in [4.78, 5) is 29.8. The lowest BCUT2D eigenvalue weighted by Gasteiger charge is -2.32. The first-order valence-corrected chi connectivity index (χ1v) is 10.6. The molecule has 1 aliphatic rings. The number of carbonyl (C=O) groups is 1. The Kier molecular flexibility index (Phi) is 6.11.